The van der Waals surface area contributed by atoms with Crippen LogP contribution in [0.1, 0.15) is 69.8 Å². The van der Waals surface area contributed by atoms with Gasteiger partial charge in [0.15, 0.2) is 23.5 Å². The molecule has 1 heterocycles. The lowest BCUT2D eigenvalue weighted by Gasteiger charge is -2.59. The van der Waals surface area contributed by atoms with E-state index in [2.05, 4.69) is 26.0 Å². The van der Waals surface area contributed by atoms with Gasteiger partial charge in [-0.25, -0.2) is 0 Å². The van der Waals surface area contributed by atoms with Gasteiger partial charge >= 0.3 is 0 Å². The predicted octanol–water partition coefficient (Wildman–Crippen LogP) is 4.30. The van der Waals surface area contributed by atoms with Gasteiger partial charge in [-0.3, -0.25) is 9.59 Å². The Kier molecular flexibility index (Phi) is 6.84. The van der Waals surface area contributed by atoms with Crippen LogP contribution in [-0.4, -0.2) is 64.2 Å². The minimum atomic E-state index is -1.32. The topological polar surface area (TPSA) is 119 Å². The molecule has 1 aliphatic heterocycles. The van der Waals surface area contributed by atoms with Gasteiger partial charge in [0.05, 0.1) is 12.2 Å². The van der Waals surface area contributed by atoms with Gasteiger partial charge in [-0.15, -0.1) is 0 Å². The number of nitrogens with two attached hydrogens (primary N) is 1. The SMILES string of the molecule is CC12C=CC(=O)C=C1CCC1C2C(O)CC2(C)C1CC1OC(c3ccc(CC45CC4(N)C5)cc3)OC12C(=O)CO.CSC. The second-order valence-electron chi connectivity index (χ2n) is 15.0. The van der Waals surface area contributed by atoms with E-state index in [1.807, 2.05) is 30.7 Å². The first-order valence-electron chi connectivity index (χ1n) is 15.8. The van der Waals surface area contributed by atoms with E-state index in [9.17, 15) is 19.8 Å². The predicted molar refractivity (Wildman–Crippen MR) is 165 cm³/mol. The summed E-state index contributed by atoms with van der Waals surface area (Å²) in [7, 11) is 0. The van der Waals surface area contributed by atoms with Crippen LogP contribution in [-0.2, 0) is 25.5 Å². The van der Waals surface area contributed by atoms with Crippen molar-refractivity contribution >= 4 is 23.3 Å². The minimum Gasteiger partial charge on any atom is -0.393 e. The van der Waals surface area contributed by atoms with Crippen molar-refractivity contribution in [3.05, 3.63) is 59.2 Å². The molecule has 6 fully saturated rings. The Balaban J connectivity index is 0.000000963. The molecule has 0 spiro atoms. The highest BCUT2D eigenvalue weighted by molar-refractivity contribution is 7.97. The highest BCUT2D eigenvalue weighted by atomic mass is 32.2. The van der Waals surface area contributed by atoms with Crippen LogP contribution >= 0.6 is 11.8 Å². The average molecular weight is 608 g/mol. The van der Waals surface area contributed by atoms with Crippen molar-refractivity contribution < 1.29 is 29.3 Å². The largest absolute Gasteiger partial charge is 0.393 e. The van der Waals surface area contributed by atoms with E-state index >= 15 is 0 Å². The quantitative estimate of drug-likeness (QED) is 0.454. The molecule has 0 amide bonds. The van der Waals surface area contributed by atoms with Gasteiger partial charge in [0, 0.05) is 27.9 Å². The summed E-state index contributed by atoms with van der Waals surface area (Å²) < 4.78 is 13.3. The summed E-state index contributed by atoms with van der Waals surface area (Å²) >= 11 is 1.75. The molecule has 4 N–H and O–H groups in total. The number of carbonyl (C=O) groups is 2. The molecule has 8 rings (SSSR count). The summed E-state index contributed by atoms with van der Waals surface area (Å²) in [5.41, 5.74) is 7.47. The van der Waals surface area contributed by atoms with E-state index in [-0.39, 0.29) is 40.3 Å². The van der Waals surface area contributed by atoms with Gasteiger partial charge in [-0.2, -0.15) is 11.8 Å². The minimum absolute atomic E-state index is 0.0112. The highest BCUT2D eigenvalue weighted by Gasteiger charge is 2.80. The van der Waals surface area contributed by atoms with E-state index in [0.717, 1.165) is 43.2 Å². The number of aliphatic hydroxyl groups excluding tert-OH is 2. The fourth-order valence-electron chi connectivity index (χ4n) is 10.4. The van der Waals surface area contributed by atoms with Crippen molar-refractivity contribution in [2.75, 3.05) is 19.1 Å². The molecule has 9 unspecified atom stereocenters. The molecule has 0 bridgehead atoms. The zero-order valence-corrected chi connectivity index (χ0v) is 26.5. The Morgan fingerprint density at radius 3 is 2.47 bits per heavy atom. The molecular formula is C35H45NO6S. The van der Waals surface area contributed by atoms with Crippen LogP contribution in [0.25, 0.3) is 0 Å². The van der Waals surface area contributed by atoms with Crippen molar-refractivity contribution in [3.8, 4) is 0 Å². The lowest BCUT2D eigenvalue weighted by molar-refractivity contribution is -0.201. The highest BCUT2D eigenvalue weighted by Crippen LogP contribution is 2.78. The fourth-order valence-corrected chi connectivity index (χ4v) is 10.4. The van der Waals surface area contributed by atoms with Gasteiger partial charge in [-0.1, -0.05) is 49.8 Å². The third kappa shape index (κ3) is 4.06. The molecule has 7 aliphatic rings. The molecule has 43 heavy (non-hydrogen) atoms. The summed E-state index contributed by atoms with van der Waals surface area (Å²) in [5.74, 6) is -0.174. The van der Waals surface area contributed by atoms with Crippen LogP contribution in [0, 0.1) is 34.0 Å². The van der Waals surface area contributed by atoms with Crippen molar-refractivity contribution in [3.63, 3.8) is 0 Å². The van der Waals surface area contributed by atoms with Crippen molar-refractivity contribution in [1.82, 2.24) is 0 Å². The summed E-state index contributed by atoms with van der Waals surface area (Å²) in [5, 5.41) is 22.0. The molecule has 9 atom stereocenters. The van der Waals surface area contributed by atoms with E-state index in [1.165, 1.54) is 5.56 Å². The van der Waals surface area contributed by atoms with E-state index in [0.29, 0.717) is 18.3 Å². The van der Waals surface area contributed by atoms with Crippen LogP contribution < -0.4 is 5.73 Å². The van der Waals surface area contributed by atoms with E-state index in [1.54, 1.807) is 23.9 Å². The molecule has 0 radical (unpaired) electrons. The Morgan fingerprint density at radius 2 is 1.84 bits per heavy atom. The monoisotopic (exact) mass is 607 g/mol. The third-order valence-corrected chi connectivity index (χ3v) is 12.7. The first-order valence-corrected chi connectivity index (χ1v) is 17.4. The number of fused-ring (bicyclic) bond motifs is 8. The first kappa shape index (κ1) is 29.9. The number of ether oxygens (including phenoxy) is 2. The maximum absolute atomic E-state index is 13.7. The maximum Gasteiger partial charge on any atom is 0.193 e. The lowest BCUT2D eigenvalue weighted by atomic mass is 9.46. The van der Waals surface area contributed by atoms with Gasteiger partial charge in [0.25, 0.3) is 0 Å². The molecule has 7 nitrogen and oxygen atoms in total. The second-order valence-corrected chi connectivity index (χ2v) is 15.8. The van der Waals surface area contributed by atoms with Gasteiger partial charge in [0.1, 0.15) is 6.61 Å². The van der Waals surface area contributed by atoms with E-state index < -0.39 is 36.1 Å². The smallest absolute Gasteiger partial charge is 0.193 e. The maximum atomic E-state index is 13.7. The van der Waals surface area contributed by atoms with Crippen LogP contribution in [0.2, 0.25) is 0 Å². The Bertz CT molecular complexity index is 1400. The number of ketones is 2. The third-order valence-electron chi connectivity index (χ3n) is 12.7. The molecule has 6 aliphatic carbocycles. The van der Waals surface area contributed by atoms with Gasteiger partial charge in [0.2, 0.25) is 0 Å². The molecule has 1 aromatic carbocycles. The number of benzene rings is 1. The first-order chi connectivity index (χ1) is 20.4. The zero-order valence-electron chi connectivity index (χ0n) is 25.7. The molecule has 232 valence electrons. The molecule has 8 heteroatoms. The second kappa shape index (κ2) is 9.84. The Hall–Kier alpha value is -1.81. The zero-order chi connectivity index (χ0) is 30.6. The molecule has 1 saturated heterocycles. The average Bonchev–Trinajstić information content (AvgIpc) is 3.56. The Labute approximate surface area is 258 Å². The van der Waals surface area contributed by atoms with Crippen molar-refractivity contribution in [2.45, 2.75) is 88.4 Å². The number of rotatable bonds is 5. The number of carbonyl (C=O) groups excluding carboxylic acids is 2. The Morgan fingerprint density at radius 1 is 1.16 bits per heavy atom. The number of hydrogen-bond acceptors (Lipinski definition) is 8. The van der Waals surface area contributed by atoms with Crippen molar-refractivity contribution in [1.29, 1.82) is 0 Å². The summed E-state index contributed by atoms with van der Waals surface area (Å²) in [6, 6.07) is 8.27. The number of hydrogen-bond donors (Lipinski definition) is 3. The van der Waals surface area contributed by atoms with Gasteiger partial charge in [-0.05, 0) is 92.4 Å². The van der Waals surface area contributed by atoms with Gasteiger partial charge < -0.3 is 25.4 Å². The number of thioether (sulfide) groups is 1. The number of allylic oxidation sites excluding steroid dienone is 4. The fraction of sp³-hybridized carbons (Fsp3) is 0.657. The lowest BCUT2D eigenvalue weighted by Crippen LogP contribution is -2.63. The number of Topliss-reactive ketones (excluding diaryl/α,β-unsaturated/α-hetero) is 1. The van der Waals surface area contributed by atoms with Crippen LogP contribution in [0.4, 0.5) is 0 Å². The normalized spacial score (nSPS) is 48.1. The summed E-state index contributed by atoms with van der Waals surface area (Å²) in [4.78, 5) is 25.8. The number of aliphatic hydroxyl groups is 2. The van der Waals surface area contributed by atoms with Crippen LogP contribution in [0.3, 0.4) is 0 Å². The van der Waals surface area contributed by atoms with Crippen molar-refractivity contribution in [2.24, 2.45) is 39.7 Å². The molecule has 1 aromatic rings. The van der Waals surface area contributed by atoms with E-state index in [4.69, 9.17) is 15.2 Å². The van der Waals surface area contributed by atoms with Crippen LogP contribution in [0.15, 0.2) is 48.1 Å². The summed E-state index contributed by atoms with van der Waals surface area (Å²) in [6.07, 6.45) is 13.5. The summed E-state index contributed by atoms with van der Waals surface area (Å²) in [6.45, 7) is 3.58. The molecule has 5 saturated carbocycles. The molecule has 0 aromatic heterocycles. The molecular weight excluding hydrogens is 562 g/mol. The standard InChI is InChI=1S/C33H39NO6.C2H6S/c1-29-10-9-21(36)11-20(29)7-8-22-23-12-26-33(25(38)15-35,30(23,2)14-24(37)27(22)29)40-28(39-26)19-5-3-18(4-6-19)13-31-16-32(31,34)17-31;1-3-2/h3-6,9-11,22-24,26-28,35,37H,7-8,12-17,34H2,1-2H3;1-2H3. The van der Waals surface area contributed by atoms with Crippen LogP contribution in [0.5, 0.6) is 0 Å².